The molecule has 4 fully saturated rings. The molecule has 8 heterocycles. The van der Waals surface area contributed by atoms with Gasteiger partial charge in [-0.1, -0.05) is 60.7 Å². The highest BCUT2D eigenvalue weighted by Crippen LogP contribution is 2.42. The fraction of sp³-hybridized carbons (Fsp3) is 0.491. The molecule has 8 aromatic rings. The molecule has 2 aliphatic heterocycles. The molecule has 0 unspecified atom stereocenters. The molecule has 0 spiro atoms. The van der Waals surface area contributed by atoms with E-state index in [1.165, 1.54) is 22.0 Å². The summed E-state index contributed by atoms with van der Waals surface area (Å²) in [5, 5.41) is 116. The standard InChI is InChI=1S/C53H66N20O9/c74-23-33(15-29-7-3-1-4-8-29)58-47-41-49(70(27-54-41)37-17-39(45(80)43(37)78)72-56-19-35(25-76)66-72)64-51(62-47)68-13-11-31(21-68)60-53(82)61-32-12-14-69(22-32)52-63-48(59-34(24-75)16-30-9-5-2-6-10-30)42-50(65-52)71(28-55-42)38-18-40(46(81)44(38)79)73-57-20-36(26-77)67-73/h1-10,19-20,27-28,31-34,37-40,43-46,74-81H,11-18,21-26H2,(H,58,62,64)(H,59,63,65)(H2,60,61,82)/t31-,32-,33+,34+,37-,38-,39+,40+,43+,44+,45-,46-/m1/s1. The van der Waals surface area contributed by atoms with Crippen LogP contribution in [0, 0.1) is 0 Å². The average Bonchev–Trinajstić information content (AvgIpc) is 4.54. The molecule has 2 saturated carbocycles. The summed E-state index contributed by atoms with van der Waals surface area (Å²) in [7, 11) is 0. The molecule has 2 amide bonds. The number of benzene rings is 2. The molecule has 2 aromatic carbocycles. The smallest absolute Gasteiger partial charge is 0.315 e. The quantitative estimate of drug-likeness (QED) is 0.0442. The molecule has 0 radical (unpaired) electrons. The van der Waals surface area contributed by atoms with Crippen LogP contribution in [0.4, 0.5) is 28.3 Å². The van der Waals surface area contributed by atoms with E-state index in [-0.39, 0.29) is 57.4 Å². The lowest BCUT2D eigenvalue weighted by Crippen LogP contribution is -2.48. The number of nitrogens with zero attached hydrogens (tertiary/aromatic N) is 16. The van der Waals surface area contributed by atoms with Gasteiger partial charge in [0.1, 0.15) is 47.9 Å². The minimum Gasteiger partial charge on any atom is -0.394 e. The van der Waals surface area contributed by atoms with Gasteiger partial charge in [0.2, 0.25) is 11.9 Å². The lowest BCUT2D eigenvalue weighted by Gasteiger charge is -2.23. The zero-order chi connectivity index (χ0) is 56.6. The maximum Gasteiger partial charge on any atom is 0.315 e. The van der Waals surface area contributed by atoms with Gasteiger partial charge in [-0.15, -0.1) is 0 Å². The zero-order valence-electron chi connectivity index (χ0n) is 44.6. The number of carbonyl (C=O) groups is 1. The highest BCUT2D eigenvalue weighted by Gasteiger charge is 2.47. The van der Waals surface area contributed by atoms with E-state index in [9.17, 15) is 45.6 Å². The van der Waals surface area contributed by atoms with E-state index in [0.29, 0.717) is 109 Å². The number of hydrogen-bond donors (Lipinski definition) is 12. The number of imidazole rings is 2. The minimum atomic E-state index is -1.25. The Kier molecular flexibility index (Phi) is 15.6. The number of carbonyl (C=O) groups excluding carboxylic acids is 1. The summed E-state index contributed by atoms with van der Waals surface area (Å²) < 4.78 is 3.43. The van der Waals surface area contributed by atoms with Gasteiger partial charge < -0.3 is 81.1 Å². The highest BCUT2D eigenvalue weighted by atomic mass is 16.3. The monoisotopic (exact) mass is 1130 g/mol. The van der Waals surface area contributed by atoms with Crippen LogP contribution in [-0.4, -0.2) is 204 Å². The van der Waals surface area contributed by atoms with Crippen molar-refractivity contribution < 1.29 is 45.6 Å². The van der Waals surface area contributed by atoms with Gasteiger partial charge in [0.15, 0.2) is 34.0 Å². The number of aromatic nitrogens is 14. The van der Waals surface area contributed by atoms with E-state index < -0.39 is 60.7 Å². The van der Waals surface area contributed by atoms with Gasteiger partial charge in [0, 0.05) is 38.3 Å². The number of hydrogen-bond acceptors (Lipinski definition) is 23. The molecule has 12 N–H and O–H groups in total. The van der Waals surface area contributed by atoms with E-state index in [0.717, 1.165) is 11.1 Å². The molecular formula is C53H66N20O9. The third kappa shape index (κ3) is 10.9. The van der Waals surface area contributed by atoms with Crippen LogP contribution in [0.15, 0.2) is 85.7 Å². The summed E-state index contributed by atoms with van der Waals surface area (Å²) in [6.07, 6.45) is 3.46. The molecule has 82 heavy (non-hydrogen) atoms. The van der Waals surface area contributed by atoms with Crippen molar-refractivity contribution in [3.63, 3.8) is 0 Å². The number of urea groups is 1. The van der Waals surface area contributed by atoms with Gasteiger partial charge in [-0.05, 0) is 49.7 Å². The van der Waals surface area contributed by atoms with E-state index in [4.69, 9.17) is 29.9 Å². The first-order valence-electron chi connectivity index (χ1n) is 27.6. The Morgan fingerprint density at radius 1 is 0.561 bits per heavy atom. The molecule has 6 aromatic heterocycles. The number of nitrogens with one attached hydrogen (secondary N) is 4. The second-order valence-corrected chi connectivity index (χ2v) is 21.6. The van der Waals surface area contributed by atoms with Crippen molar-refractivity contribution in [1.82, 2.24) is 79.7 Å². The Labute approximate surface area is 468 Å². The lowest BCUT2D eigenvalue weighted by atomic mass is 10.1. The molecule has 0 bridgehead atoms. The van der Waals surface area contributed by atoms with Gasteiger partial charge in [0.25, 0.3) is 0 Å². The number of aliphatic hydroxyl groups excluding tert-OH is 8. The molecular weight excluding hydrogens is 1060 g/mol. The predicted molar refractivity (Wildman–Crippen MR) is 294 cm³/mol. The Morgan fingerprint density at radius 3 is 1.37 bits per heavy atom. The molecule has 2 aliphatic carbocycles. The summed E-state index contributed by atoms with van der Waals surface area (Å²) in [6, 6.07) is 14.8. The van der Waals surface area contributed by atoms with Crippen LogP contribution in [-0.2, 0) is 26.1 Å². The van der Waals surface area contributed by atoms with E-state index in [1.54, 1.807) is 21.8 Å². The molecule has 432 valence electrons. The van der Waals surface area contributed by atoms with Crippen LogP contribution in [0.25, 0.3) is 22.3 Å². The number of rotatable bonds is 20. The number of fused-ring (bicyclic) bond motifs is 2. The van der Waals surface area contributed by atoms with Crippen LogP contribution in [0.1, 0.15) is 72.4 Å². The Bertz CT molecular complexity index is 3250. The van der Waals surface area contributed by atoms with Crippen LogP contribution >= 0.6 is 0 Å². The van der Waals surface area contributed by atoms with Crippen molar-refractivity contribution in [3.8, 4) is 0 Å². The van der Waals surface area contributed by atoms with Crippen molar-refractivity contribution in [2.24, 2.45) is 0 Å². The number of anilines is 4. The summed E-state index contributed by atoms with van der Waals surface area (Å²) in [5.41, 5.74) is 4.20. The highest BCUT2D eigenvalue weighted by molar-refractivity contribution is 5.86. The molecule has 12 rings (SSSR count). The van der Waals surface area contributed by atoms with E-state index in [1.807, 2.05) is 70.5 Å². The molecule has 12 atom stereocenters. The maximum absolute atomic E-state index is 13.9. The van der Waals surface area contributed by atoms with Crippen molar-refractivity contribution in [3.05, 3.63) is 108 Å². The second kappa shape index (κ2) is 23.4. The van der Waals surface area contributed by atoms with E-state index in [2.05, 4.69) is 41.7 Å². The lowest BCUT2D eigenvalue weighted by molar-refractivity contribution is 0.00491. The molecule has 29 nitrogen and oxygen atoms in total. The summed E-state index contributed by atoms with van der Waals surface area (Å²) in [6.45, 7) is 0.589. The number of aliphatic hydroxyl groups is 8. The fourth-order valence-electron chi connectivity index (χ4n) is 11.9. The predicted octanol–water partition coefficient (Wildman–Crippen LogP) is -0.863. The normalized spacial score (nSPS) is 25.4. The topological polar surface area (TPSA) is 382 Å². The first-order valence-corrected chi connectivity index (χ1v) is 27.6. The van der Waals surface area contributed by atoms with Crippen molar-refractivity contribution in [1.29, 1.82) is 0 Å². The van der Waals surface area contributed by atoms with Crippen LogP contribution in [0.2, 0.25) is 0 Å². The van der Waals surface area contributed by atoms with Gasteiger partial charge in [-0.2, -0.15) is 49.9 Å². The first kappa shape index (κ1) is 54.6. The zero-order valence-corrected chi connectivity index (χ0v) is 44.6. The largest absolute Gasteiger partial charge is 0.394 e. The molecule has 4 aliphatic rings. The van der Waals surface area contributed by atoms with Crippen molar-refractivity contribution >= 4 is 51.9 Å². The number of amides is 2. The molecule has 29 heteroatoms. The van der Waals surface area contributed by atoms with Crippen molar-refractivity contribution in [2.45, 2.75) is 124 Å². The van der Waals surface area contributed by atoms with Gasteiger partial charge in [-0.25, -0.2) is 14.8 Å². The van der Waals surface area contributed by atoms with E-state index >= 15 is 0 Å². The maximum atomic E-state index is 13.9. The van der Waals surface area contributed by atoms with Crippen LogP contribution in [0.5, 0.6) is 0 Å². The van der Waals surface area contributed by atoms with Crippen LogP contribution in [0.3, 0.4) is 0 Å². The minimum absolute atomic E-state index is 0.216. The Hall–Kier alpha value is -8.03. The van der Waals surface area contributed by atoms with Gasteiger partial charge >= 0.3 is 6.03 Å². The summed E-state index contributed by atoms with van der Waals surface area (Å²) in [4.78, 5) is 49.8. The third-order valence-electron chi connectivity index (χ3n) is 16.2. The second-order valence-electron chi connectivity index (χ2n) is 21.6. The SMILES string of the molecule is O=C(N[C@@H]1CCN(c2nc(N[C@H](CO)Cc3ccccc3)c3ncn([C@@H]4C[C@H](n5ncc(CO)n5)[C@@H](O)[C@H]4O)c3n2)C1)N[C@@H]1CCN(c2nc(N[C@H](CO)Cc3ccccc3)c3ncn([C@@H]4C[C@H](n5ncc(CO)n5)[C@@H](O)[C@H]4O)c3n2)C1. The fourth-order valence-corrected chi connectivity index (χ4v) is 11.9. The van der Waals surface area contributed by atoms with Gasteiger partial charge in [0.05, 0.1) is 75.6 Å². The summed E-state index contributed by atoms with van der Waals surface area (Å²) in [5.74, 6) is 1.38. The molecule has 2 saturated heterocycles. The Morgan fingerprint density at radius 2 is 0.976 bits per heavy atom. The van der Waals surface area contributed by atoms with Crippen molar-refractivity contribution in [2.75, 3.05) is 59.8 Å². The Balaban J connectivity index is 0.754. The average molecular weight is 1130 g/mol. The summed E-state index contributed by atoms with van der Waals surface area (Å²) >= 11 is 0. The van der Waals surface area contributed by atoms with Gasteiger partial charge in [-0.3, -0.25) is 0 Å². The van der Waals surface area contributed by atoms with Crippen LogP contribution < -0.4 is 31.1 Å². The first-order chi connectivity index (χ1) is 39.9. The third-order valence-corrected chi connectivity index (χ3v) is 16.2.